The van der Waals surface area contributed by atoms with Gasteiger partial charge in [-0.05, 0) is 45.4 Å². The zero-order chi connectivity index (χ0) is 21.1. The van der Waals surface area contributed by atoms with Crippen molar-refractivity contribution in [2.75, 3.05) is 26.8 Å². The van der Waals surface area contributed by atoms with Crippen molar-refractivity contribution >= 4 is 11.8 Å². The van der Waals surface area contributed by atoms with E-state index < -0.39 is 5.97 Å². The fraction of sp³-hybridized carbons (Fsp3) is 0.455. The fourth-order valence-corrected chi connectivity index (χ4v) is 3.65. The number of fused-ring (bicyclic) bond motifs is 1. The Morgan fingerprint density at radius 3 is 2.66 bits per heavy atom. The molecule has 3 rings (SSSR count). The van der Waals surface area contributed by atoms with E-state index in [9.17, 15) is 9.59 Å². The summed E-state index contributed by atoms with van der Waals surface area (Å²) >= 11 is 0. The highest BCUT2D eigenvalue weighted by Crippen LogP contribution is 2.30. The lowest BCUT2D eigenvalue weighted by molar-refractivity contribution is -0.896. The number of benzene rings is 1. The first-order chi connectivity index (χ1) is 13.8. The van der Waals surface area contributed by atoms with Gasteiger partial charge in [0.2, 0.25) is 5.78 Å². The average Bonchev–Trinajstić information content (AvgIpc) is 3.01. The average molecular weight is 401 g/mol. The third kappa shape index (κ3) is 4.29. The van der Waals surface area contributed by atoms with Gasteiger partial charge in [0, 0.05) is 5.69 Å². The number of quaternary nitrogens is 1. The van der Waals surface area contributed by atoms with Crippen molar-refractivity contribution < 1.29 is 28.7 Å². The molecule has 1 aliphatic heterocycles. The van der Waals surface area contributed by atoms with Crippen LogP contribution in [0.4, 0.5) is 0 Å². The van der Waals surface area contributed by atoms with E-state index in [4.69, 9.17) is 14.2 Å². The van der Waals surface area contributed by atoms with E-state index in [0.29, 0.717) is 42.3 Å². The number of aromatic amines is 1. The minimum absolute atomic E-state index is 0.0456. The molecule has 1 aromatic carbocycles. The van der Waals surface area contributed by atoms with E-state index in [-0.39, 0.29) is 17.9 Å². The number of rotatable bonds is 7. The van der Waals surface area contributed by atoms with Crippen molar-refractivity contribution in [2.24, 2.45) is 0 Å². The van der Waals surface area contributed by atoms with Gasteiger partial charge in [-0.2, -0.15) is 0 Å². The number of esters is 1. The van der Waals surface area contributed by atoms with Crippen molar-refractivity contribution in [3.05, 3.63) is 46.8 Å². The van der Waals surface area contributed by atoms with Gasteiger partial charge in [-0.3, -0.25) is 4.79 Å². The molecule has 0 spiro atoms. The molecule has 1 aromatic heterocycles. The van der Waals surface area contributed by atoms with E-state index in [1.165, 1.54) is 0 Å². The van der Waals surface area contributed by atoms with Crippen molar-refractivity contribution in [2.45, 2.75) is 39.8 Å². The van der Waals surface area contributed by atoms with Crippen molar-refractivity contribution in [3.8, 4) is 11.5 Å². The maximum Gasteiger partial charge on any atom is 0.340 e. The summed E-state index contributed by atoms with van der Waals surface area (Å²) in [4.78, 5) is 29.4. The van der Waals surface area contributed by atoms with Crippen LogP contribution in [0.5, 0.6) is 11.5 Å². The second-order valence-corrected chi connectivity index (χ2v) is 7.48. The number of ketones is 1. The molecule has 0 saturated heterocycles. The molecule has 2 N–H and O–H groups in total. The minimum Gasteiger partial charge on any atom is -0.486 e. The first-order valence-electron chi connectivity index (χ1n) is 9.94. The Morgan fingerprint density at radius 2 is 1.97 bits per heavy atom. The summed E-state index contributed by atoms with van der Waals surface area (Å²) < 4.78 is 16.9. The van der Waals surface area contributed by atoms with Gasteiger partial charge in [0.15, 0.2) is 17.6 Å². The summed E-state index contributed by atoms with van der Waals surface area (Å²) in [5.74, 6) is 1.02. The molecule has 0 saturated carbocycles. The van der Waals surface area contributed by atoms with Crippen molar-refractivity contribution in [1.29, 1.82) is 0 Å². The van der Waals surface area contributed by atoms with E-state index >= 15 is 0 Å². The van der Waals surface area contributed by atoms with Crippen LogP contribution >= 0.6 is 0 Å². The summed E-state index contributed by atoms with van der Waals surface area (Å²) in [6.07, 6.45) is -0.137. The largest absolute Gasteiger partial charge is 0.486 e. The Hall–Kier alpha value is -2.80. The summed E-state index contributed by atoms with van der Waals surface area (Å²) in [7, 11) is 1.96. The number of ether oxygens (including phenoxy) is 3. The van der Waals surface area contributed by atoms with E-state index in [1.54, 1.807) is 20.8 Å². The number of hydrogen-bond donors (Lipinski definition) is 2. The predicted octanol–water partition coefficient (Wildman–Crippen LogP) is 1.73. The van der Waals surface area contributed by atoms with Crippen molar-refractivity contribution in [3.63, 3.8) is 0 Å². The molecule has 29 heavy (non-hydrogen) atoms. The molecule has 2 heterocycles. The van der Waals surface area contributed by atoms with Crippen LogP contribution in [0.1, 0.15) is 46.0 Å². The lowest BCUT2D eigenvalue weighted by Gasteiger charge is -2.29. The lowest BCUT2D eigenvalue weighted by atomic mass is 10.0. The molecule has 156 valence electrons. The standard InChI is InChI=1S/C22H28N2O5/c1-6-27-22(26)19-13(2)20(23-14(19)3)21(25)15(4)24(5)11-16-12-28-17-9-7-8-10-18(17)29-16/h7-10,15-16,23H,6,11-12H2,1-5H3/p+1/t15-,16-/m1/s1. The number of nitrogens with one attached hydrogen (secondary N) is 2. The van der Waals surface area contributed by atoms with Gasteiger partial charge >= 0.3 is 5.97 Å². The first kappa shape index (κ1) is 20.9. The number of para-hydroxylation sites is 2. The second-order valence-electron chi connectivity index (χ2n) is 7.48. The van der Waals surface area contributed by atoms with Crippen LogP contribution in [0.15, 0.2) is 24.3 Å². The van der Waals surface area contributed by atoms with Gasteiger partial charge in [0.05, 0.1) is 24.9 Å². The molecule has 2 aromatic rings. The lowest BCUT2D eigenvalue weighted by Crippen LogP contribution is -3.15. The van der Waals surface area contributed by atoms with Gasteiger partial charge in [0.1, 0.15) is 19.2 Å². The maximum atomic E-state index is 13.1. The molecule has 3 atom stereocenters. The van der Waals surface area contributed by atoms with E-state index in [2.05, 4.69) is 4.98 Å². The molecule has 0 amide bonds. The van der Waals surface area contributed by atoms with Crippen molar-refractivity contribution in [1.82, 2.24) is 4.98 Å². The molecular formula is C22H29N2O5+. The first-order valence-corrected chi connectivity index (χ1v) is 9.94. The molecule has 0 aliphatic carbocycles. The number of carbonyl (C=O) groups is 2. The second kappa shape index (κ2) is 8.69. The van der Waals surface area contributed by atoms with Gasteiger partial charge in [-0.15, -0.1) is 0 Å². The smallest absolute Gasteiger partial charge is 0.340 e. The maximum absolute atomic E-state index is 13.1. The normalized spacial score (nSPS) is 17.5. The Morgan fingerprint density at radius 1 is 1.28 bits per heavy atom. The van der Waals surface area contributed by atoms with Crippen LogP contribution in [-0.2, 0) is 4.74 Å². The van der Waals surface area contributed by atoms with E-state index in [0.717, 1.165) is 16.4 Å². The highest BCUT2D eigenvalue weighted by atomic mass is 16.6. The summed E-state index contributed by atoms with van der Waals surface area (Å²) in [5, 5.41) is 0. The number of aryl methyl sites for hydroxylation is 1. The molecule has 7 nitrogen and oxygen atoms in total. The number of Topliss-reactive ketones (excluding diaryl/α,β-unsaturated/α-hetero) is 1. The number of hydrogen-bond acceptors (Lipinski definition) is 5. The summed E-state index contributed by atoms with van der Waals surface area (Å²) in [6.45, 7) is 8.56. The molecule has 0 radical (unpaired) electrons. The third-order valence-electron chi connectivity index (χ3n) is 5.41. The number of likely N-dealkylation sites (N-methyl/N-ethyl adjacent to an activating group) is 1. The SMILES string of the molecule is CCOC(=O)c1c(C)[nH]c(C(=O)[C@@H](C)[NH+](C)C[C@@H]2COc3ccccc3O2)c1C. The highest BCUT2D eigenvalue weighted by molar-refractivity contribution is 6.03. The van der Waals surface area contributed by atoms with Gasteiger partial charge in [-0.25, -0.2) is 4.79 Å². The van der Waals surface area contributed by atoms with E-state index in [1.807, 2.05) is 38.2 Å². The zero-order valence-electron chi connectivity index (χ0n) is 17.6. The molecule has 1 aliphatic rings. The van der Waals surface area contributed by atoms with Crippen LogP contribution in [0.25, 0.3) is 0 Å². The Balaban J connectivity index is 1.69. The third-order valence-corrected chi connectivity index (χ3v) is 5.41. The zero-order valence-corrected chi connectivity index (χ0v) is 17.6. The van der Waals surface area contributed by atoms with Crippen LogP contribution in [0.2, 0.25) is 0 Å². The quantitative estimate of drug-likeness (QED) is 0.546. The molecule has 1 unspecified atom stereocenters. The predicted molar refractivity (Wildman–Crippen MR) is 108 cm³/mol. The number of H-pyrrole nitrogens is 1. The molecular weight excluding hydrogens is 372 g/mol. The highest BCUT2D eigenvalue weighted by Gasteiger charge is 2.32. The van der Waals surface area contributed by atoms with Crippen LogP contribution < -0.4 is 14.4 Å². The Bertz CT molecular complexity index is 905. The molecule has 0 fully saturated rings. The van der Waals surface area contributed by atoms with Gasteiger partial charge in [-0.1, -0.05) is 12.1 Å². The minimum atomic E-state index is -0.405. The molecule has 0 bridgehead atoms. The van der Waals surface area contributed by atoms with Crippen LogP contribution in [0, 0.1) is 13.8 Å². The Kier molecular flexibility index (Phi) is 6.27. The number of carbonyl (C=O) groups excluding carboxylic acids is 2. The van der Waals surface area contributed by atoms with Gasteiger partial charge in [0.25, 0.3) is 0 Å². The Labute approximate surface area is 170 Å². The van der Waals surface area contributed by atoms with Crippen LogP contribution in [0.3, 0.4) is 0 Å². The fourth-order valence-electron chi connectivity index (χ4n) is 3.65. The molecule has 7 heteroatoms. The van der Waals surface area contributed by atoms with Gasteiger partial charge < -0.3 is 24.1 Å². The summed E-state index contributed by atoms with van der Waals surface area (Å²) in [5.41, 5.74) is 2.19. The van der Waals surface area contributed by atoms with Crippen LogP contribution in [-0.4, -0.2) is 55.7 Å². The monoisotopic (exact) mass is 401 g/mol. The topological polar surface area (TPSA) is 82.1 Å². The summed E-state index contributed by atoms with van der Waals surface area (Å²) in [6, 6.07) is 7.26. The number of aromatic nitrogens is 1.